The van der Waals surface area contributed by atoms with Gasteiger partial charge in [0.2, 0.25) is 0 Å². The molecule has 1 heterocycles. The summed E-state index contributed by atoms with van der Waals surface area (Å²) < 4.78 is 5.65. The van der Waals surface area contributed by atoms with Crippen molar-refractivity contribution in [3.63, 3.8) is 0 Å². The summed E-state index contributed by atoms with van der Waals surface area (Å²) in [6.07, 6.45) is 1.31. The lowest BCUT2D eigenvalue weighted by atomic mass is 10.1. The Kier molecular flexibility index (Phi) is 5.82. The molecular formula is C22H15ClN2O4. The summed E-state index contributed by atoms with van der Waals surface area (Å²) in [5.74, 6) is -1.08. The van der Waals surface area contributed by atoms with Crippen LogP contribution in [0.2, 0.25) is 5.02 Å². The number of carbonyl (C=O) groups is 2. The number of halogens is 1. The Morgan fingerprint density at radius 3 is 2.66 bits per heavy atom. The third-order valence-corrected chi connectivity index (χ3v) is 4.36. The van der Waals surface area contributed by atoms with Gasteiger partial charge < -0.3 is 14.8 Å². The number of carboxylic acids is 1. The fourth-order valence-corrected chi connectivity index (χ4v) is 2.85. The van der Waals surface area contributed by atoms with E-state index in [4.69, 9.17) is 21.1 Å². The Labute approximate surface area is 171 Å². The molecule has 1 aromatic heterocycles. The minimum absolute atomic E-state index is 0.0631. The van der Waals surface area contributed by atoms with Gasteiger partial charge in [0, 0.05) is 17.3 Å². The van der Waals surface area contributed by atoms with Crippen LogP contribution < -0.4 is 5.32 Å². The molecule has 0 atom stereocenters. The van der Waals surface area contributed by atoms with Gasteiger partial charge >= 0.3 is 5.97 Å². The second-order valence-corrected chi connectivity index (χ2v) is 6.60. The van der Waals surface area contributed by atoms with Crippen molar-refractivity contribution in [1.29, 1.82) is 5.26 Å². The Bertz CT molecular complexity index is 1170. The highest BCUT2D eigenvalue weighted by molar-refractivity contribution is 6.33. The van der Waals surface area contributed by atoms with Crippen LogP contribution >= 0.6 is 11.6 Å². The molecule has 0 bridgehead atoms. The van der Waals surface area contributed by atoms with Gasteiger partial charge in [-0.1, -0.05) is 23.7 Å². The molecule has 0 aliphatic carbocycles. The molecular weight excluding hydrogens is 392 g/mol. The number of rotatable bonds is 5. The lowest BCUT2D eigenvalue weighted by molar-refractivity contribution is -0.112. The first kappa shape index (κ1) is 19.9. The Balaban J connectivity index is 1.86. The molecule has 0 aliphatic rings. The van der Waals surface area contributed by atoms with E-state index in [1.165, 1.54) is 24.3 Å². The Morgan fingerprint density at radius 1 is 1.17 bits per heavy atom. The average Bonchev–Trinajstić information content (AvgIpc) is 3.14. The maximum Gasteiger partial charge on any atom is 0.335 e. The smallest absolute Gasteiger partial charge is 0.335 e. The molecule has 0 aliphatic heterocycles. The van der Waals surface area contributed by atoms with Gasteiger partial charge in [-0.2, -0.15) is 5.26 Å². The molecule has 0 unspecified atom stereocenters. The van der Waals surface area contributed by atoms with Crippen LogP contribution in [0.4, 0.5) is 5.69 Å². The minimum Gasteiger partial charge on any atom is -0.478 e. The van der Waals surface area contributed by atoms with Crippen molar-refractivity contribution in [3.8, 4) is 17.4 Å². The van der Waals surface area contributed by atoms with Crippen molar-refractivity contribution in [2.45, 2.75) is 6.92 Å². The molecule has 0 saturated carbocycles. The van der Waals surface area contributed by atoms with E-state index in [1.807, 2.05) is 19.1 Å². The normalized spacial score (nSPS) is 11.0. The van der Waals surface area contributed by atoms with Gasteiger partial charge in [-0.3, -0.25) is 4.79 Å². The zero-order chi connectivity index (χ0) is 21.0. The van der Waals surface area contributed by atoms with Crippen LogP contribution in [-0.2, 0) is 4.79 Å². The van der Waals surface area contributed by atoms with Crippen LogP contribution in [0.25, 0.3) is 17.4 Å². The molecule has 0 saturated heterocycles. The average molecular weight is 407 g/mol. The number of anilines is 1. The highest BCUT2D eigenvalue weighted by Gasteiger charge is 2.14. The number of benzene rings is 2. The number of amides is 1. The lowest BCUT2D eigenvalue weighted by Gasteiger charge is -2.05. The fraction of sp³-hybridized carbons (Fsp3) is 0.0455. The van der Waals surface area contributed by atoms with Crippen LogP contribution in [-0.4, -0.2) is 17.0 Å². The summed E-state index contributed by atoms with van der Waals surface area (Å²) in [6, 6.07) is 16.5. The van der Waals surface area contributed by atoms with E-state index in [9.17, 15) is 14.9 Å². The summed E-state index contributed by atoms with van der Waals surface area (Å²) in [6.45, 7) is 1.89. The van der Waals surface area contributed by atoms with Crippen LogP contribution in [0.5, 0.6) is 0 Å². The first-order valence-corrected chi connectivity index (χ1v) is 8.88. The number of nitrogens with one attached hydrogen (secondary N) is 1. The van der Waals surface area contributed by atoms with E-state index < -0.39 is 11.9 Å². The van der Waals surface area contributed by atoms with Crippen molar-refractivity contribution >= 4 is 35.2 Å². The van der Waals surface area contributed by atoms with Gasteiger partial charge in [0.05, 0.1) is 10.6 Å². The molecule has 7 heteroatoms. The SMILES string of the molecule is Cc1cccc(NC(=O)C(C#N)=Cc2ccc(-c3cc(C(=O)O)ccc3Cl)o2)c1. The van der Waals surface area contributed by atoms with Crippen molar-refractivity contribution in [1.82, 2.24) is 0 Å². The molecule has 6 nitrogen and oxygen atoms in total. The van der Waals surface area contributed by atoms with Crippen molar-refractivity contribution in [3.05, 3.63) is 82.1 Å². The largest absolute Gasteiger partial charge is 0.478 e. The number of aryl methyl sites for hydroxylation is 1. The van der Waals surface area contributed by atoms with Crippen LogP contribution in [0.3, 0.4) is 0 Å². The van der Waals surface area contributed by atoms with Crippen molar-refractivity contribution in [2.24, 2.45) is 0 Å². The van der Waals surface area contributed by atoms with E-state index in [-0.39, 0.29) is 16.9 Å². The quantitative estimate of drug-likeness (QED) is 0.450. The summed E-state index contributed by atoms with van der Waals surface area (Å²) in [4.78, 5) is 23.5. The topological polar surface area (TPSA) is 103 Å². The maximum atomic E-state index is 12.4. The predicted molar refractivity (Wildman–Crippen MR) is 110 cm³/mol. The number of nitriles is 1. The van der Waals surface area contributed by atoms with Gasteiger partial charge in [-0.25, -0.2) is 4.79 Å². The summed E-state index contributed by atoms with van der Waals surface area (Å²) in [5.41, 5.74) is 1.87. The number of carboxylic acid groups (broad SMARTS) is 1. The first-order chi connectivity index (χ1) is 13.9. The summed E-state index contributed by atoms with van der Waals surface area (Å²) in [5, 5.41) is 21.5. The Morgan fingerprint density at radius 2 is 1.97 bits per heavy atom. The molecule has 0 radical (unpaired) electrons. The number of hydrogen-bond donors (Lipinski definition) is 2. The van der Waals surface area contributed by atoms with E-state index >= 15 is 0 Å². The molecule has 3 rings (SSSR count). The van der Waals surface area contributed by atoms with E-state index in [1.54, 1.807) is 30.3 Å². The predicted octanol–water partition coefficient (Wildman–Crippen LogP) is 5.15. The molecule has 3 aromatic rings. The van der Waals surface area contributed by atoms with Gasteiger partial charge in [0.25, 0.3) is 5.91 Å². The molecule has 29 heavy (non-hydrogen) atoms. The number of hydrogen-bond acceptors (Lipinski definition) is 4. The van der Waals surface area contributed by atoms with Crippen LogP contribution in [0.15, 0.2) is 64.6 Å². The molecule has 144 valence electrons. The standard InChI is InChI=1S/C22H15ClN2O4/c1-13-3-2-4-16(9-13)25-21(26)15(12-24)10-17-6-8-20(29-17)18-11-14(22(27)28)5-7-19(18)23/h2-11H,1H3,(H,25,26)(H,27,28). The van der Waals surface area contributed by atoms with E-state index in [0.717, 1.165) is 5.56 Å². The van der Waals surface area contributed by atoms with Crippen molar-refractivity contribution < 1.29 is 19.1 Å². The molecule has 2 N–H and O–H groups in total. The monoisotopic (exact) mass is 406 g/mol. The molecule has 0 fully saturated rings. The van der Waals surface area contributed by atoms with Gasteiger partial charge in [0.1, 0.15) is 23.2 Å². The van der Waals surface area contributed by atoms with Gasteiger partial charge in [-0.15, -0.1) is 0 Å². The lowest BCUT2D eigenvalue weighted by Crippen LogP contribution is -2.13. The third-order valence-electron chi connectivity index (χ3n) is 4.03. The third kappa shape index (κ3) is 4.72. The Hall–Kier alpha value is -3.82. The van der Waals surface area contributed by atoms with Crippen LogP contribution in [0.1, 0.15) is 21.7 Å². The number of furan rings is 1. The highest BCUT2D eigenvalue weighted by Crippen LogP contribution is 2.31. The van der Waals surface area contributed by atoms with E-state index in [2.05, 4.69) is 5.32 Å². The number of nitrogens with zero attached hydrogens (tertiary/aromatic N) is 1. The zero-order valence-electron chi connectivity index (χ0n) is 15.3. The summed E-state index contributed by atoms with van der Waals surface area (Å²) >= 11 is 6.15. The molecule has 0 spiro atoms. The first-order valence-electron chi connectivity index (χ1n) is 8.50. The summed E-state index contributed by atoms with van der Waals surface area (Å²) in [7, 11) is 0. The maximum absolute atomic E-state index is 12.4. The van der Waals surface area contributed by atoms with Gasteiger partial charge in [0.15, 0.2) is 0 Å². The van der Waals surface area contributed by atoms with E-state index in [0.29, 0.717) is 22.0 Å². The highest BCUT2D eigenvalue weighted by atomic mass is 35.5. The van der Waals surface area contributed by atoms with Crippen LogP contribution in [0, 0.1) is 18.3 Å². The molecule has 2 aromatic carbocycles. The molecule has 1 amide bonds. The second-order valence-electron chi connectivity index (χ2n) is 6.20. The second kappa shape index (κ2) is 8.46. The van der Waals surface area contributed by atoms with Crippen molar-refractivity contribution in [2.75, 3.05) is 5.32 Å². The minimum atomic E-state index is -1.09. The number of aromatic carboxylic acids is 1. The zero-order valence-corrected chi connectivity index (χ0v) is 16.0. The number of carbonyl (C=O) groups excluding carboxylic acids is 1. The fourth-order valence-electron chi connectivity index (χ4n) is 2.63. The van der Waals surface area contributed by atoms with Gasteiger partial charge in [-0.05, 0) is 55.0 Å².